The van der Waals surface area contributed by atoms with Crippen molar-refractivity contribution in [3.8, 4) is 0 Å². The van der Waals surface area contributed by atoms with Crippen LogP contribution >= 0.6 is 0 Å². The van der Waals surface area contributed by atoms with Crippen LogP contribution in [-0.2, 0) is 16.4 Å². The number of anilines is 1. The van der Waals surface area contributed by atoms with Gasteiger partial charge in [-0.05, 0) is 24.6 Å². The van der Waals surface area contributed by atoms with E-state index in [9.17, 15) is 8.42 Å². The second kappa shape index (κ2) is 5.41. The molecule has 0 aliphatic heterocycles. The summed E-state index contributed by atoms with van der Waals surface area (Å²) >= 11 is 0. The van der Waals surface area contributed by atoms with E-state index in [1.165, 1.54) is 6.07 Å². The second-order valence-electron chi connectivity index (χ2n) is 4.25. The lowest BCUT2D eigenvalue weighted by molar-refractivity contribution is 0.581. The van der Waals surface area contributed by atoms with Crippen LogP contribution in [-0.4, -0.2) is 24.9 Å². The van der Waals surface area contributed by atoms with E-state index in [1.54, 1.807) is 31.6 Å². The topological polar surface area (TPSA) is 101 Å². The van der Waals surface area contributed by atoms with Crippen molar-refractivity contribution in [3.63, 3.8) is 0 Å². The van der Waals surface area contributed by atoms with Crippen LogP contribution in [0.2, 0.25) is 0 Å². The maximum Gasteiger partial charge on any atom is 0.240 e. The Bertz CT molecular complexity index is 650. The molecule has 6 nitrogen and oxygen atoms in total. The number of aromatic amines is 1. The molecule has 102 valence electrons. The Morgan fingerprint density at radius 2 is 2.21 bits per heavy atom. The molecule has 1 heterocycles. The molecule has 0 unspecified atom stereocenters. The molecule has 19 heavy (non-hydrogen) atoms. The fourth-order valence-electron chi connectivity index (χ4n) is 1.73. The van der Waals surface area contributed by atoms with E-state index in [0.29, 0.717) is 24.2 Å². The summed E-state index contributed by atoms with van der Waals surface area (Å²) in [5.74, 6) is 0. The molecule has 1 aromatic carbocycles. The molecule has 2 aromatic rings. The predicted octanol–water partition coefficient (Wildman–Crippen LogP) is 0.821. The Balaban J connectivity index is 2.07. The maximum atomic E-state index is 12.1. The second-order valence-corrected chi connectivity index (χ2v) is 5.98. The number of nitrogens with one attached hydrogen (secondary N) is 2. The van der Waals surface area contributed by atoms with Gasteiger partial charge in [0.05, 0.1) is 11.2 Å². The maximum absolute atomic E-state index is 12.1. The van der Waals surface area contributed by atoms with E-state index in [-0.39, 0.29) is 4.90 Å². The summed E-state index contributed by atoms with van der Waals surface area (Å²) in [7, 11) is -3.53. The molecule has 0 amide bonds. The Labute approximate surface area is 112 Å². The van der Waals surface area contributed by atoms with E-state index >= 15 is 0 Å². The molecule has 0 saturated carbocycles. The molecule has 0 aliphatic rings. The minimum atomic E-state index is -3.53. The number of nitrogen functional groups attached to an aromatic ring is 1. The lowest BCUT2D eigenvalue weighted by atomic mass is 10.2. The third-order valence-electron chi connectivity index (χ3n) is 2.74. The van der Waals surface area contributed by atoms with Crippen LogP contribution in [0, 0.1) is 6.92 Å². The highest BCUT2D eigenvalue weighted by molar-refractivity contribution is 7.89. The summed E-state index contributed by atoms with van der Waals surface area (Å²) < 4.78 is 26.8. The number of H-pyrrole nitrogens is 1. The van der Waals surface area contributed by atoms with Crippen LogP contribution in [0.5, 0.6) is 0 Å². The molecule has 0 fully saturated rings. The Kier molecular flexibility index (Phi) is 3.87. The monoisotopic (exact) mass is 280 g/mol. The molecule has 4 N–H and O–H groups in total. The van der Waals surface area contributed by atoms with Crippen LogP contribution in [0.3, 0.4) is 0 Å². The number of nitrogens with zero attached hydrogens (tertiary/aromatic N) is 1. The first-order valence-electron chi connectivity index (χ1n) is 5.82. The Morgan fingerprint density at radius 1 is 1.42 bits per heavy atom. The van der Waals surface area contributed by atoms with Gasteiger partial charge in [0.2, 0.25) is 10.0 Å². The molecule has 0 bridgehead atoms. The zero-order valence-electron chi connectivity index (χ0n) is 10.6. The van der Waals surface area contributed by atoms with Crippen molar-refractivity contribution in [1.29, 1.82) is 0 Å². The summed E-state index contributed by atoms with van der Waals surface area (Å²) in [5.41, 5.74) is 7.61. The number of aryl methyl sites for hydroxylation is 1. The van der Waals surface area contributed by atoms with Crippen molar-refractivity contribution in [2.24, 2.45) is 0 Å². The fourth-order valence-corrected chi connectivity index (χ4v) is 3.03. The van der Waals surface area contributed by atoms with Gasteiger partial charge in [-0.1, -0.05) is 6.07 Å². The van der Waals surface area contributed by atoms with Gasteiger partial charge >= 0.3 is 0 Å². The minimum Gasteiger partial charge on any atom is -0.399 e. The van der Waals surface area contributed by atoms with Gasteiger partial charge in [-0.2, -0.15) is 0 Å². The molecule has 0 aliphatic carbocycles. The molecule has 0 spiro atoms. The molecular formula is C12H16N4O2S. The SMILES string of the molecule is Cc1ccc(N)cc1S(=O)(=O)NCCc1cnc[nH]1. The van der Waals surface area contributed by atoms with Gasteiger partial charge in [0.25, 0.3) is 0 Å². The van der Waals surface area contributed by atoms with Crippen LogP contribution in [0.15, 0.2) is 35.6 Å². The number of hydrogen-bond donors (Lipinski definition) is 3. The molecule has 1 aromatic heterocycles. The summed E-state index contributed by atoms with van der Waals surface area (Å²) in [6, 6.07) is 4.84. The highest BCUT2D eigenvalue weighted by atomic mass is 32.2. The Hall–Kier alpha value is -1.86. The van der Waals surface area contributed by atoms with E-state index in [2.05, 4.69) is 14.7 Å². The highest BCUT2D eigenvalue weighted by Crippen LogP contribution is 2.17. The fraction of sp³-hybridized carbons (Fsp3) is 0.250. The van der Waals surface area contributed by atoms with Crippen LogP contribution in [0.4, 0.5) is 5.69 Å². The van der Waals surface area contributed by atoms with Crippen LogP contribution in [0.1, 0.15) is 11.3 Å². The largest absolute Gasteiger partial charge is 0.399 e. The quantitative estimate of drug-likeness (QED) is 0.706. The zero-order valence-corrected chi connectivity index (χ0v) is 11.4. The van der Waals surface area contributed by atoms with E-state index in [4.69, 9.17) is 5.73 Å². The van der Waals surface area contributed by atoms with E-state index in [1.807, 2.05) is 0 Å². The van der Waals surface area contributed by atoms with Gasteiger partial charge < -0.3 is 10.7 Å². The van der Waals surface area contributed by atoms with E-state index < -0.39 is 10.0 Å². The summed E-state index contributed by atoms with van der Waals surface area (Å²) in [4.78, 5) is 7.01. The van der Waals surface area contributed by atoms with Crippen molar-refractivity contribution in [2.75, 3.05) is 12.3 Å². The zero-order chi connectivity index (χ0) is 13.9. The molecule has 0 saturated heterocycles. The smallest absolute Gasteiger partial charge is 0.240 e. The lowest BCUT2D eigenvalue weighted by Crippen LogP contribution is -2.26. The molecule has 0 atom stereocenters. The van der Waals surface area contributed by atoms with Gasteiger partial charge in [0, 0.05) is 30.5 Å². The van der Waals surface area contributed by atoms with Crippen molar-refractivity contribution in [2.45, 2.75) is 18.2 Å². The number of imidazole rings is 1. The summed E-state index contributed by atoms with van der Waals surface area (Å²) in [6.45, 7) is 2.04. The van der Waals surface area contributed by atoms with Gasteiger partial charge in [0.15, 0.2) is 0 Å². The first kappa shape index (κ1) is 13.6. The van der Waals surface area contributed by atoms with E-state index in [0.717, 1.165) is 5.69 Å². The van der Waals surface area contributed by atoms with Crippen LogP contribution in [0.25, 0.3) is 0 Å². The number of aromatic nitrogens is 2. The van der Waals surface area contributed by atoms with Gasteiger partial charge in [-0.15, -0.1) is 0 Å². The van der Waals surface area contributed by atoms with Crippen LogP contribution < -0.4 is 10.5 Å². The number of nitrogens with two attached hydrogens (primary N) is 1. The van der Waals surface area contributed by atoms with Crippen molar-refractivity contribution in [3.05, 3.63) is 42.0 Å². The average Bonchev–Trinajstić information content (AvgIpc) is 2.85. The van der Waals surface area contributed by atoms with Crippen molar-refractivity contribution < 1.29 is 8.42 Å². The average molecular weight is 280 g/mol. The molecule has 7 heteroatoms. The number of hydrogen-bond acceptors (Lipinski definition) is 4. The first-order valence-corrected chi connectivity index (χ1v) is 7.30. The third kappa shape index (κ3) is 3.33. The number of benzene rings is 1. The first-order chi connectivity index (χ1) is 8.99. The predicted molar refractivity (Wildman–Crippen MR) is 73.1 cm³/mol. The molecule has 0 radical (unpaired) electrons. The summed E-state index contributed by atoms with van der Waals surface area (Å²) in [5, 5.41) is 0. The standard InChI is InChI=1S/C12H16N4O2S/c1-9-2-3-10(13)6-12(9)19(17,18)16-5-4-11-7-14-8-15-11/h2-3,6-8,16H,4-5,13H2,1H3,(H,14,15). The van der Waals surface area contributed by atoms with Crippen molar-refractivity contribution in [1.82, 2.24) is 14.7 Å². The summed E-state index contributed by atoms with van der Waals surface area (Å²) in [6.07, 6.45) is 3.78. The molecule has 2 rings (SSSR count). The third-order valence-corrected chi connectivity index (χ3v) is 4.35. The van der Waals surface area contributed by atoms with Gasteiger partial charge in [-0.3, -0.25) is 0 Å². The number of sulfonamides is 1. The van der Waals surface area contributed by atoms with Gasteiger partial charge in [-0.25, -0.2) is 18.1 Å². The lowest BCUT2D eigenvalue weighted by Gasteiger charge is -2.09. The normalized spacial score (nSPS) is 11.6. The highest BCUT2D eigenvalue weighted by Gasteiger charge is 2.16. The Morgan fingerprint density at radius 3 is 2.89 bits per heavy atom. The minimum absolute atomic E-state index is 0.220. The number of rotatable bonds is 5. The van der Waals surface area contributed by atoms with Gasteiger partial charge in [0.1, 0.15) is 0 Å². The molecular weight excluding hydrogens is 264 g/mol. The van der Waals surface area contributed by atoms with Crippen molar-refractivity contribution >= 4 is 15.7 Å².